The molecule has 0 aromatic carbocycles. The summed E-state index contributed by atoms with van der Waals surface area (Å²) in [5.41, 5.74) is 2.10. The first-order valence-electron chi connectivity index (χ1n) is 9.30. The molecule has 1 N–H and O–H groups in total. The smallest absolute Gasteiger partial charge is 0.151 e. The van der Waals surface area contributed by atoms with Crippen molar-refractivity contribution in [2.45, 2.75) is 52.4 Å². The number of nitrogens with zero attached hydrogens (tertiary/aromatic N) is 5. The van der Waals surface area contributed by atoms with Gasteiger partial charge in [-0.3, -0.25) is 0 Å². The van der Waals surface area contributed by atoms with E-state index in [-0.39, 0.29) is 10.8 Å². The fraction of sp³-hybridized carbons (Fsp3) is 0.600. The van der Waals surface area contributed by atoms with Gasteiger partial charge in [-0.2, -0.15) is 10.2 Å². The summed E-state index contributed by atoms with van der Waals surface area (Å²) >= 11 is 0. The summed E-state index contributed by atoms with van der Waals surface area (Å²) < 4.78 is 0. The van der Waals surface area contributed by atoms with Crippen LogP contribution < -0.4 is 10.2 Å². The first-order chi connectivity index (χ1) is 12.1. The van der Waals surface area contributed by atoms with E-state index in [0.717, 1.165) is 42.7 Å². The molecule has 3 rings (SSSR count). The van der Waals surface area contributed by atoms with Crippen LogP contribution in [0.25, 0.3) is 0 Å². The molecule has 0 unspecified atom stereocenters. The Bertz CT molecular complexity index is 716. The number of aromatic nitrogens is 4. The van der Waals surface area contributed by atoms with Crippen molar-refractivity contribution in [1.29, 1.82) is 0 Å². The van der Waals surface area contributed by atoms with E-state index in [1.165, 1.54) is 0 Å². The molecule has 1 fully saturated rings. The Hall–Kier alpha value is -2.24. The van der Waals surface area contributed by atoms with Gasteiger partial charge in [0, 0.05) is 36.4 Å². The normalized spacial score (nSPS) is 15.7. The van der Waals surface area contributed by atoms with Crippen LogP contribution in [-0.2, 0) is 10.8 Å². The standard InChI is InChI=1S/C20H30N6/c1-19(2,3)15-7-9-17(24-22-15)21-11-14-12-26(13-14)18-10-8-16(23-25-18)20(4,5)6/h7-10,14H,11-13H2,1-6H3,(H,21,24). The number of rotatable bonds is 4. The lowest BCUT2D eigenvalue weighted by Crippen LogP contribution is -2.50. The second-order valence-corrected chi connectivity index (χ2v) is 9.23. The molecule has 140 valence electrons. The van der Waals surface area contributed by atoms with Gasteiger partial charge in [-0.25, -0.2) is 0 Å². The van der Waals surface area contributed by atoms with Crippen LogP contribution in [0.1, 0.15) is 52.9 Å². The molecule has 1 aliphatic heterocycles. The maximum atomic E-state index is 4.39. The summed E-state index contributed by atoms with van der Waals surface area (Å²) in [5.74, 6) is 2.39. The van der Waals surface area contributed by atoms with Crippen LogP contribution in [0.2, 0.25) is 0 Å². The monoisotopic (exact) mass is 354 g/mol. The fourth-order valence-corrected chi connectivity index (χ4v) is 2.86. The molecule has 0 aliphatic carbocycles. The Morgan fingerprint density at radius 1 is 0.846 bits per heavy atom. The molecule has 0 radical (unpaired) electrons. The van der Waals surface area contributed by atoms with E-state index in [4.69, 9.17) is 0 Å². The van der Waals surface area contributed by atoms with Gasteiger partial charge in [-0.05, 0) is 24.3 Å². The Morgan fingerprint density at radius 2 is 1.42 bits per heavy atom. The molecule has 2 aromatic rings. The average Bonchev–Trinajstić information content (AvgIpc) is 2.52. The van der Waals surface area contributed by atoms with Crippen LogP contribution in [0.5, 0.6) is 0 Å². The summed E-state index contributed by atoms with van der Waals surface area (Å²) in [6.45, 7) is 15.8. The molecule has 0 saturated carbocycles. The zero-order chi connectivity index (χ0) is 18.9. The van der Waals surface area contributed by atoms with Gasteiger partial charge in [0.15, 0.2) is 5.82 Å². The molecule has 2 aromatic heterocycles. The third-order valence-electron chi connectivity index (χ3n) is 4.70. The van der Waals surface area contributed by atoms with Crippen LogP contribution >= 0.6 is 0 Å². The number of hydrogen-bond acceptors (Lipinski definition) is 6. The predicted molar refractivity (Wildman–Crippen MR) is 106 cm³/mol. The van der Waals surface area contributed by atoms with Gasteiger partial charge >= 0.3 is 0 Å². The molecule has 0 bridgehead atoms. The zero-order valence-electron chi connectivity index (χ0n) is 16.7. The van der Waals surface area contributed by atoms with E-state index >= 15 is 0 Å². The van der Waals surface area contributed by atoms with E-state index in [0.29, 0.717) is 5.92 Å². The van der Waals surface area contributed by atoms with E-state index < -0.39 is 0 Å². The maximum absolute atomic E-state index is 4.39. The van der Waals surface area contributed by atoms with Gasteiger partial charge in [0.25, 0.3) is 0 Å². The van der Waals surface area contributed by atoms with Crippen molar-refractivity contribution in [2.24, 2.45) is 5.92 Å². The summed E-state index contributed by atoms with van der Waals surface area (Å²) in [6, 6.07) is 8.23. The predicted octanol–water partition coefficient (Wildman–Crippen LogP) is 3.41. The molecule has 1 aliphatic rings. The molecule has 6 nitrogen and oxygen atoms in total. The molecule has 0 atom stereocenters. The van der Waals surface area contributed by atoms with Gasteiger partial charge < -0.3 is 10.2 Å². The molecule has 0 amide bonds. The van der Waals surface area contributed by atoms with Crippen molar-refractivity contribution in [1.82, 2.24) is 20.4 Å². The number of hydrogen-bond donors (Lipinski definition) is 1. The van der Waals surface area contributed by atoms with E-state index in [1.807, 2.05) is 6.07 Å². The summed E-state index contributed by atoms with van der Waals surface area (Å²) in [7, 11) is 0. The van der Waals surface area contributed by atoms with Crippen molar-refractivity contribution >= 4 is 11.6 Å². The van der Waals surface area contributed by atoms with Crippen molar-refractivity contribution in [3.8, 4) is 0 Å². The minimum absolute atomic E-state index is 0.0313. The Kier molecular flexibility index (Phi) is 4.86. The Balaban J connectivity index is 1.47. The Labute approximate surface area is 156 Å². The van der Waals surface area contributed by atoms with Gasteiger partial charge in [0.2, 0.25) is 0 Å². The first-order valence-corrected chi connectivity index (χ1v) is 9.30. The molecule has 6 heteroatoms. The maximum Gasteiger partial charge on any atom is 0.151 e. The van der Waals surface area contributed by atoms with Crippen molar-refractivity contribution in [3.05, 3.63) is 35.7 Å². The molecule has 1 saturated heterocycles. The lowest BCUT2D eigenvalue weighted by atomic mass is 9.92. The average molecular weight is 355 g/mol. The van der Waals surface area contributed by atoms with Gasteiger partial charge in [0.05, 0.1) is 11.4 Å². The van der Waals surface area contributed by atoms with Crippen LogP contribution in [0.15, 0.2) is 24.3 Å². The molecule has 0 spiro atoms. The lowest BCUT2D eigenvalue weighted by Gasteiger charge is -2.40. The van der Waals surface area contributed by atoms with E-state index in [2.05, 4.69) is 90.4 Å². The highest BCUT2D eigenvalue weighted by molar-refractivity contribution is 5.42. The number of nitrogens with one attached hydrogen (secondary N) is 1. The topological polar surface area (TPSA) is 66.8 Å². The minimum Gasteiger partial charge on any atom is -0.368 e. The van der Waals surface area contributed by atoms with Crippen molar-refractivity contribution < 1.29 is 0 Å². The van der Waals surface area contributed by atoms with Gasteiger partial charge in [-0.1, -0.05) is 41.5 Å². The van der Waals surface area contributed by atoms with Crippen LogP contribution in [0, 0.1) is 5.92 Å². The van der Waals surface area contributed by atoms with Gasteiger partial charge in [0.1, 0.15) is 5.82 Å². The first kappa shape index (κ1) is 18.5. The lowest BCUT2D eigenvalue weighted by molar-refractivity contribution is 0.424. The van der Waals surface area contributed by atoms with E-state index in [1.54, 1.807) is 0 Å². The largest absolute Gasteiger partial charge is 0.368 e. The number of anilines is 2. The fourth-order valence-electron chi connectivity index (χ4n) is 2.86. The SMILES string of the molecule is CC(C)(C)c1ccc(NCC2CN(c3ccc(C(C)(C)C)nn3)C2)nn1. The van der Waals surface area contributed by atoms with Crippen LogP contribution in [0.4, 0.5) is 11.6 Å². The summed E-state index contributed by atoms with van der Waals surface area (Å²) in [5, 5.41) is 20.8. The van der Waals surface area contributed by atoms with Crippen LogP contribution in [0.3, 0.4) is 0 Å². The summed E-state index contributed by atoms with van der Waals surface area (Å²) in [4.78, 5) is 2.26. The van der Waals surface area contributed by atoms with E-state index in [9.17, 15) is 0 Å². The van der Waals surface area contributed by atoms with Crippen LogP contribution in [-0.4, -0.2) is 40.0 Å². The quantitative estimate of drug-likeness (QED) is 0.907. The molecular weight excluding hydrogens is 324 g/mol. The molecule has 3 heterocycles. The zero-order valence-corrected chi connectivity index (χ0v) is 16.7. The highest BCUT2D eigenvalue weighted by atomic mass is 15.3. The highest BCUT2D eigenvalue weighted by Crippen LogP contribution is 2.25. The minimum atomic E-state index is 0.0313. The third-order valence-corrected chi connectivity index (χ3v) is 4.70. The van der Waals surface area contributed by atoms with Gasteiger partial charge in [-0.15, -0.1) is 10.2 Å². The second kappa shape index (κ2) is 6.82. The highest BCUT2D eigenvalue weighted by Gasteiger charge is 2.28. The molecule has 26 heavy (non-hydrogen) atoms. The van der Waals surface area contributed by atoms with Crippen molar-refractivity contribution in [2.75, 3.05) is 29.9 Å². The third kappa shape index (κ3) is 4.29. The Morgan fingerprint density at radius 3 is 1.88 bits per heavy atom. The summed E-state index contributed by atoms with van der Waals surface area (Å²) in [6.07, 6.45) is 0. The molecular formula is C20H30N6. The second-order valence-electron chi connectivity index (χ2n) is 9.23. The van der Waals surface area contributed by atoms with Crippen molar-refractivity contribution in [3.63, 3.8) is 0 Å².